The average molecular weight is 261 g/mol. The lowest BCUT2D eigenvalue weighted by Gasteiger charge is -2.15. The van der Waals surface area contributed by atoms with E-state index in [2.05, 4.69) is 24.3 Å². The van der Waals surface area contributed by atoms with Gasteiger partial charge in [-0.25, -0.2) is 4.39 Å². The fourth-order valence-corrected chi connectivity index (χ4v) is 2.09. The van der Waals surface area contributed by atoms with Crippen LogP contribution in [0.1, 0.15) is 37.2 Å². The zero-order chi connectivity index (χ0) is 13.8. The molecule has 0 spiro atoms. The maximum absolute atomic E-state index is 13.3. The standard InChI is InChI=1S/C15H20FN3/c1-11(2)19-8-7-14(18-19)10-15(17-3)12-5-4-6-13(16)9-12/h4-9,11,15,17H,10H2,1-3H3. The lowest BCUT2D eigenvalue weighted by molar-refractivity contribution is 0.514. The molecule has 0 radical (unpaired) electrons. The molecule has 0 saturated heterocycles. The Hall–Kier alpha value is -1.68. The summed E-state index contributed by atoms with van der Waals surface area (Å²) in [7, 11) is 1.88. The SMILES string of the molecule is CNC(Cc1ccn(C(C)C)n1)c1cccc(F)c1. The molecule has 1 unspecified atom stereocenters. The first kappa shape index (κ1) is 13.7. The first-order chi connectivity index (χ1) is 9.10. The highest BCUT2D eigenvalue weighted by molar-refractivity contribution is 5.22. The molecule has 102 valence electrons. The van der Waals surface area contributed by atoms with Gasteiger partial charge in [-0.3, -0.25) is 4.68 Å². The number of halogens is 1. The van der Waals surface area contributed by atoms with Crippen molar-refractivity contribution in [2.45, 2.75) is 32.4 Å². The van der Waals surface area contributed by atoms with Gasteiger partial charge in [0.15, 0.2) is 0 Å². The van der Waals surface area contributed by atoms with Gasteiger partial charge in [-0.05, 0) is 44.7 Å². The third kappa shape index (κ3) is 3.41. The normalized spacial score (nSPS) is 12.9. The van der Waals surface area contributed by atoms with E-state index in [9.17, 15) is 4.39 Å². The zero-order valence-corrected chi connectivity index (χ0v) is 11.6. The largest absolute Gasteiger partial charge is 0.313 e. The van der Waals surface area contributed by atoms with E-state index in [1.165, 1.54) is 6.07 Å². The van der Waals surface area contributed by atoms with Crippen molar-refractivity contribution >= 4 is 0 Å². The van der Waals surface area contributed by atoms with Gasteiger partial charge in [-0.2, -0.15) is 5.10 Å². The van der Waals surface area contributed by atoms with Crippen LogP contribution in [0.5, 0.6) is 0 Å². The highest BCUT2D eigenvalue weighted by atomic mass is 19.1. The van der Waals surface area contributed by atoms with E-state index in [0.29, 0.717) is 6.04 Å². The van der Waals surface area contributed by atoms with Crippen molar-refractivity contribution < 1.29 is 4.39 Å². The molecule has 1 atom stereocenters. The van der Waals surface area contributed by atoms with E-state index >= 15 is 0 Å². The maximum Gasteiger partial charge on any atom is 0.123 e. The molecule has 1 N–H and O–H groups in total. The lowest BCUT2D eigenvalue weighted by atomic mass is 10.0. The number of hydrogen-bond acceptors (Lipinski definition) is 2. The van der Waals surface area contributed by atoms with Gasteiger partial charge in [0.1, 0.15) is 5.82 Å². The Morgan fingerprint density at radius 3 is 2.68 bits per heavy atom. The van der Waals surface area contributed by atoms with Crippen molar-refractivity contribution in [2.24, 2.45) is 0 Å². The minimum atomic E-state index is -0.203. The summed E-state index contributed by atoms with van der Waals surface area (Å²) in [4.78, 5) is 0. The van der Waals surface area contributed by atoms with Gasteiger partial charge in [0.25, 0.3) is 0 Å². The summed E-state index contributed by atoms with van der Waals surface area (Å²) in [5, 5.41) is 7.74. The molecule has 2 rings (SSSR count). The van der Waals surface area contributed by atoms with Crippen LogP contribution in [0.2, 0.25) is 0 Å². The summed E-state index contributed by atoms with van der Waals surface area (Å²) in [5.41, 5.74) is 1.96. The predicted octanol–water partition coefficient (Wildman–Crippen LogP) is 3.11. The molecule has 4 heteroatoms. The zero-order valence-electron chi connectivity index (χ0n) is 11.6. The number of aromatic nitrogens is 2. The molecular weight excluding hydrogens is 241 g/mol. The van der Waals surface area contributed by atoms with Crippen LogP contribution < -0.4 is 5.32 Å². The number of rotatable bonds is 5. The smallest absolute Gasteiger partial charge is 0.123 e. The maximum atomic E-state index is 13.3. The van der Waals surface area contributed by atoms with Crippen molar-refractivity contribution in [3.05, 3.63) is 53.6 Å². The van der Waals surface area contributed by atoms with Gasteiger partial charge < -0.3 is 5.32 Å². The van der Waals surface area contributed by atoms with Crippen LogP contribution in [-0.4, -0.2) is 16.8 Å². The van der Waals surface area contributed by atoms with E-state index in [-0.39, 0.29) is 11.9 Å². The van der Waals surface area contributed by atoms with Crippen LogP contribution >= 0.6 is 0 Å². The van der Waals surface area contributed by atoms with Gasteiger partial charge in [0, 0.05) is 24.7 Å². The van der Waals surface area contributed by atoms with Crippen LogP contribution in [0.4, 0.5) is 4.39 Å². The first-order valence-electron chi connectivity index (χ1n) is 6.57. The summed E-state index contributed by atoms with van der Waals surface area (Å²) in [6.07, 6.45) is 2.73. The Morgan fingerprint density at radius 1 is 1.32 bits per heavy atom. The predicted molar refractivity (Wildman–Crippen MR) is 74.5 cm³/mol. The molecule has 19 heavy (non-hydrogen) atoms. The molecule has 1 aromatic carbocycles. The second kappa shape index (κ2) is 5.97. The van der Waals surface area contributed by atoms with E-state index in [0.717, 1.165) is 17.7 Å². The topological polar surface area (TPSA) is 29.9 Å². The molecule has 0 aliphatic carbocycles. The Balaban J connectivity index is 2.14. The van der Waals surface area contributed by atoms with Gasteiger partial charge in [0.05, 0.1) is 5.69 Å². The molecule has 0 fully saturated rings. The summed E-state index contributed by atoms with van der Waals surface area (Å²) >= 11 is 0. The number of nitrogens with zero attached hydrogens (tertiary/aromatic N) is 2. The second-order valence-electron chi connectivity index (χ2n) is 4.98. The van der Waals surface area contributed by atoms with Crippen LogP contribution in [0.15, 0.2) is 36.5 Å². The van der Waals surface area contributed by atoms with Crippen molar-refractivity contribution in [1.82, 2.24) is 15.1 Å². The van der Waals surface area contributed by atoms with E-state index in [1.807, 2.05) is 30.1 Å². The monoisotopic (exact) mass is 261 g/mol. The Labute approximate surface area is 113 Å². The molecule has 0 aliphatic heterocycles. The van der Waals surface area contributed by atoms with Gasteiger partial charge >= 0.3 is 0 Å². The number of hydrogen-bond donors (Lipinski definition) is 1. The molecule has 3 nitrogen and oxygen atoms in total. The van der Waals surface area contributed by atoms with Crippen molar-refractivity contribution in [3.63, 3.8) is 0 Å². The fraction of sp³-hybridized carbons (Fsp3) is 0.400. The highest BCUT2D eigenvalue weighted by Crippen LogP contribution is 2.18. The van der Waals surface area contributed by atoms with Crippen LogP contribution in [0, 0.1) is 5.82 Å². The number of benzene rings is 1. The highest BCUT2D eigenvalue weighted by Gasteiger charge is 2.13. The number of nitrogens with one attached hydrogen (secondary N) is 1. The summed E-state index contributed by atoms with van der Waals surface area (Å²) in [5.74, 6) is -0.203. The molecule has 2 aromatic rings. The van der Waals surface area contributed by atoms with Gasteiger partial charge in [-0.1, -0.05) is 12.1 Å². The lowest BCUT2D eigenvalue weighted by Crippen LogP contribution is -2.19. The van der Waals surface area contributed by atoms with Gasteiger partial charge in [0.2, 0.25) is 0 Å². The van der Waals surface area contributed by atoms with E-state index in [4.69, 9.17) is 0 Å². The third-order valence-electron chi connectivity index (χ3n) is 3.21. The van der Waals surface area contributed by atoms with Crippen LogP contribution in [0.3, 0.4) is 0 Å². The minimum Gasteiger partial charge on any atom is -0.313 e. The molecular formula is C15H20FN3. The Kier molecular flexibility index (Phi) is 4.32. The third-order valence-corrected chi connectivity index (χ3v) is 3.21. The molecule has 1 heterocycles. The van der Waals surface area contributed by atoms with Crippen LogP contribution in [-0.2, 0) is 6.42 Å². The quantitative estimate of drug-likeness (QED) is 0.896. The van der Waals surface area contributed by atoms with Crippen molar-refractivity contribution in [3.8, 4) is 0 Å². The molecule has 1 aromatic heterocycles. The van der Waals surface area contributed by atoms with Crippen molar-refractivity contribution in [1.29, 1.82) is 0 Å². The Bertz CT molecular complexity index is 534. The number of likely N-dealkylation sites (N-methyl/N-ethyl adjacent to an activating group) is 1. The van der Waals surface area contributed by atoms with Gasteiger partial charge in [-0.15, -0.1) is 0 Å². The molecule has 0 aliphatic rings. The fourth-order valence-electron chi connectivity index (χ4n) is 2.09. The van der Waals surface area contributed by atoms with Crippen molar-refractivity contribution in [2.75, 3.05) is 7.05 Å². The average Bonchev–Trinajstić information content (AvgIpc) is 2.84. The summed E-state index contributed by atoms with van der Waals surface area (Å²) in [6, 6.07) is 9.15. The minimum absolute atomic E-state index is 0.0752. The van der Waals surface area contributed by atoms with Crippen LogP contribution in [0.25, 0.3) is 0 Å². The van der Waals surface area contributed by atoms with E-state index in [1.54, 1.807) is 12.1 Å². The second-order valence-corrected chi connectivity index (χ2v) is 4.98. The molecule has 0 bridgehead atoms. The summed E-state index contributed by atoms with van der Waals surface area (Å²) in [6.45, 7) is 4.19. The summed E-state index contributed by atoms with van der Waals surface area (Å²) < 4.78 is 15.2. The Morgan fingerprint density at radius 2 is 2.11 bits per heavy atom. The molecule has 0 amide bonds. The first-order valence-corrected chi connectivity index (χ1v) is 6.57. The molecule has 0 saturated carbocycles. The van der Waals surface area contributed by atoms with E-state index < -0.39 is 0 Å².